The SMILES string of the molecule is Cc1cccc(C(=O)Nc2nc(C(C)(C)C)cs2)c1. The van der Waals surface area contributed by atoms with E-state index < -0.39 is 0 Å². The smallest absolute Gasteiger partial charge is 0.257 e. The van der Waals surface area contributed by atoms with E-state index in [9.17, 15) is 4.79 Å². The Bertz CT molecular complexity index is 596. The second-order valence-electron chi connectivity index (χ2n) is 5.61. The van der Waals surface area contributed by atoms with Gasteiger partial charge in [0.1, 0.15) is 0 Å². The molecular weight excluding hydrogens is 256 g/mol. The molecule has 1 aromatic heterocycles. The first kappa shape index (κ1) is 13.7. The lowest BCUT2D eigenvalue weighted by atomic mass is 9.93. The number of nitrogens with zero attached hydrogens (tertiary/aromatic N) is 1. The average molecular weight is 274 g/mol. The molecule has 0 saturated heterocycles. The Labute approximate surface area is 117 Å². The van der Waals surface area contributed by atoms with Gasteiger partial charge in [-0.25, -0.2) is 4.98 Å². The summed E-state index contributed by atoms with van der Waals surface area (Å²) in [5.74, 6) is -0.112. The summed E-state index contributed by atoms with van der Waals surface area (Å²) in [6.45, 7) is 8.29. The van der Waals surface area contributed by atoms with E-state index in [-0.39, 0.29) is 11.3 Å². The minimum Gasteiger partial charge on any atom is -0.298 e. The van der Waals surface area contributed by atoms with Crippen molar-refractivity contribution < 1.29 is 4.79 Å². The first-order valence-electron chi connectivity index (χ1n) is 6.20. The van der Waals surface area contributed by atoms with E-state index in [1.165, 1.54) is 11.3 Å². The summed E-state index contributed by atoms with van der Waals surface area (Å²) in [5, 5.41) is 5.49. The third-order valence-electron chi connectivity index (χ3n) is 2.77. The Morgan fingerprint density at radius 3 is 2.63 bits per heavy atom. The molecule has 0 aliphatic rings. The van der Waals surface area contributed by atoms with E-state index in [0.717, 1.165) is 11.3 Å². The minimum absolute atomic E-state index is 0.00279. The van der Waals surface area contributed by atoms with Crippen LogP contribution in [0, 0.1) is 6.92 Å². The predicted octanol–water partition coefficient (Wildman–Crippen LogP) is 4.00. The molecule has 0 radical (unpaired) electrons. The monoisotopic (exact) mass is 274 g/mol. The van der Waals surface area contributed by atoms with Gasteiger partial charge in [-0.1, -0.05) is 38.5 Å². The Morgan fingerprint density at radius 1 is 1.32 bits per heavy atom. The highest BCUT2D eigenvalue weighted by atomic mass is 32.1. The van der Waals surface area contributed by atoms with Crippen LogP contribution in [0.3, 0.4) is 0 Å². The second kappa shape index (κ2) is 5.13. The lowest BCUT2D eigenvalue weighted by molar-refractivity contribution is 0.102. The van der Waals surface area contributed by atoms with Crippen molar-refractivity contribution in [1.82, 2.24) is 4.98 Å². The van der Waals surface area contributed by atoms with Crippen molar-refractivity contribution in [2.24, 2.45) is 0 Å². The maximum absolute atomic E-state index is 12.1. The number of hydrogen-bond donors (Lipinski definition) is 1. The van der Waals surface area contributed by atoms with Gasteiger partial charge in [-0.3, -0.25) is 10.1 Å². The molecule has 1 aromatic carbocycles. The topological polar surface area (TPSA) is 42.0 Å². The number of rotatable bonds is 2. The fraction of sp³-hybridized carbons (Fsp3) is 0.333. The van der Waals surface area contributed by atoms with Gasteiger partial charge in [0.15, 0.2) is 5.13 Å². The Hall–Kier alpha value is -1.68. The largest absolute Gasteiger partial charge is 0.298 e. The van der Waals surface area contributed by atoms with Crippen molar-refractivity contribution >= 4 is 22.4 Å². The Balaban J connectivity index is 2.13. The van der Waals surface area contributed by atoms with E-state index in [1.807, 2.05) is 30.5 Å². The van der Waals surface area contributed by atoms with Gasteiger partial charge in [-0.2, -0.15) is 0 Å². The first-order chi connectivity index (χ1) is 8.86. The second-order valence-corrected chi connectivity index (χ2v) is 6.47. The van der Waals surface area contributed by atoms with E-state index in [4.69, 9.17) is 0 Å². The Morgan fingerprint density at radius 2 is 2.05 bits per heavy atom. The van der Waals surface area contributed by atoms with Crippen molar-refractivity contribution in [3.8, 4) is 0 Å². The van der Waals surface area contributed by atoms with Crippen LogP contribution < -0.4 is 5.32 Å². The number of hydrogen-bond acceptors (Lipinski definition) is 3. The number of amides is 1. The van der Waals surface area contributed by atoms with Crippen molar-refractivity contribution in [3.05, 3.63) is 46.5 Å². The number of nitrogens with one attached hydrogen (secondary N) is 1. The predicted molar refractivity (Wildman–Crippen MR) is 79.9 cm³/mol. The molecule has 1 N–H and O–H groups in total. The standard InChI is InChI=1S/C15H18N2OS/c1-10-6-5-7-11(8-10)13(18)17-14-16-12(9-19-14)15(2,3)4/h5-9H,1-4H3,(H,16,17,18). The van der Waals surface area contributed by atoms with Gasteiger partial charge in [-0.15, -0.1) is 11.3 Å². The van der Waals surface area contributed by atoms with E-state index in [2.05, 4.69) is 31.1 Å². The molecule has 2 aromatic rings. The highest BCUT2D eigenvalue weighted by Gasteiger charge is 2.18. The van der Waals surface area contributed by atoms with E-state index in [0.29, 0.717) is 10.7 Å². The molecule has 0 bridgehead atoms. The lowest BCUT2D eigenvalue weighted by Crippen LogP contribution is -2.14. The number of benzene rings is 1. The highest BCUT2D eigenvalue weighted by molar-refractivity contribution is 7.14. The number of anilines is 1. The van der Waals surface area contributed by atoms with Crippen molar-refractivity contribution in [2.45, 2.75) is 33.1 Å². The summed E-state index contributed by atoms with van der Waals surface area (Å²) in [6, 6.07) is 7.53. The number of carbonyl (C=O) groups is 1. The van der Waals surface area contributed by atoms with Gasteiger partial charge in [0.2, 0.25) is 0 Å². The summed E-state index contributed by atoms with van der Waals surface area (Å²) in [5.41, 5.74) is 2.73. The van der Waals surface area contributed by atoms with Crippen LogP contribution in [0.25, 0.3) is 0 Å². The van der Waals surface area contributed by atoms with Gasteiger partial charge >= 0.3 is 0 Å². The van der Waals surface area contributed by atoms with E-state index >= 15 is 0 Å². The number of carbonyl (C=O) groups excluding carboxylic acids is 1. The van der Waals surface area contributed by atoms with Crippen LogP contribution in [0.15, 0.2) is 29.6 Å². The van der Waals surface area contributed by atoms with Gasteiger partial charge in [0, 0.05) is 16.4 Å². The van der Waals surface area contributed by atoms with Gasteiger partial charge in [-0.05, 0) is 19.1 Å². The first-order valence-corrected chi connectivity index (χ1v) is 7.08. The molecule has 19 heavy (non-hydrogen) atoms. The molecule has 3 nitrogen and oxygen atoms in total. The maximum Gasteiger partial charge on any atom is 0.257 e. The number of aryl methyl sites for hydroxylation is 1. The van der Waals surface area contributed by atoms with Crippen LogP contribution in [0.5, 0.6) is 0 Å². The summed E-state index contributed by atoms with van der Waals surface area (Å²) < 4.78 is 0. The third kappa shape index (κ3) is 3.41. The van der Waals surface area contributed by atoms with Gasteiger partial charge < -0.3 is 0 Å². The normalized spacial score (nSPS) is 11.4. The van der Waals surface area contributed by atoms with Gasteiger partial charge in [0.25, 0.3) is 5.91 Å². The molecule has 0 fully saturated rings. The Kier molecular flexibility index (Phi) is 3.71. The molecule has 2 rings (SSSR count). The molecule has 0 aliphatic heterocycles. The molecule has 0 aliphatic carbocycles. The lowest BCUT2D eigenvalue weighted by Gasteiger charge is -2.14. The van der Waals surface area contributed by atoms with Crippen molar-refractivity contribution in [3.63, 3.8) is 0 Å². The van der Waals surface area contributed by atoms with Gasteiger partial charge in [0.05, 0.1) is 5.69 Å². The summed E-state index contributed by atoms with van der Waals surface area (Å²) in [4.78, 5) is 16.5. The van der Waals surface area contributed by atoms with Crippen LogP contribution in [0.4, 0.5) is 5.13 Å². The molecule has 0 unspecified atom stereocenters. The summed E-state index contributed by atoms with van der Waals surface area (Å²) in [7, 11) is 0. The third-order valence-corrected chi connectivity index (χ3v) is 3.53. The molecule has 1 amide bonds. The zero-order chi connectivity index (χ0) is 14.0. The summed E-state index contributed by atoms with van der Waals surface area (Å²) >= 11 is 1.46. The molecule has 4 heteroatoms. The molecule has 0 spiro atoms. The average Bonchev–Trinajstić information content (AvgIpc) is 2.77. The molecule has 1 heterocycles. The molecule has 100 valence electrons. The van der Waals surface area contributed by atoms with Crippen LogP contribution in [0.1, 0.15) is 42.4 Å². The highest BCUT2D eigenvalue weighted by Crippen LogP contribution is 2.26. The molecule has 0 atom stereocenters. The number of aromatic nitrogens is 1. The summed E-state index contributed by atoms with van der Waals surface area (Å²) in [6.07, 6.45) is 0. The van der Waals surface area contributed by atoms with Crippen molar-refractivity contribution in [2.75, 3.05) is 5.32 Å². The van der Waals surface area contributed by atoms with Crippen LogP contribution >= 0.6 is 11.3 Å². The molecular formula is C15H18N2OS. The van der Waals surface area contributed by atoms with Crippen LogP contribution in [0.2, 0.25) is 0 Å². The fourth-order valence-corrected chi connectivity index (χ4v) is 2.56. The zero-order valence-electron chi connectivity index (χ0n) is 11.7. The van der Waals surface area contributed by atoms with E-state index in [1.54, 1.807) is 6.07 Å². The zero-order valence-corrected chi connectivity index (χ0v) is 12.5. The fourth-order valence-electron chi connectivity index (χ4n) is 1.63. The van der Waals surface area contributed by atoms with Crippen molar-refractivity contribution in [1.29, 1.82) is 0 Å². The quantitative estimate of drug-likeness (QED) is 0.899. The van der Waals surface area contributed by atoms with Crippen LogP contribution in [-0.4, -0.2) is 10.9 Å². The minimum atomic E-state index is -0.112. The maximum atomic E-state index is 12.1. The molecule has 0 saturated carbocycles. The number of thiazole rings is 1. The van der Waals surface area contributed by atoms with Crippen LogP contribution in [-0.2, 0) is 5.41 Å².